The first-order valence-corrected chi connectivity index (χ1v) is 5.08. The zero-order valence-corrected chi connectivity index (χ0v) is 8.64. The molecule has 1 aromatic heterocycles. The Bertz CT molecular complexity index is 383. The number of hydrogen-bond acceptors (Lipinski definition) is 4. The van der Waals surface area contributed by atoms with Crippen LogP contribution < -0.4 is 10.6 Å². The number of hydrogen-bond donors (Lipinski definition) is 2. The Morgan fingerprint density at radius 2 is 2.19 bits per heavy atom. The molecule has 16 heavy (non-hydrogen) atoms. The first-order valence-electron chi connectivity index (χ1n) is 5.08. The lowest BCUT2D eigenvalue weighted by Crippen LogP contribution is -2.40. The van der Waals surface area contributed by atoms with E-state index in [1.807, 2.05) is 0 Å². The molecule has 2 rings (SSSR count). The van der Waals surface area contributed by atoms with Crippen LogP contribution in [0.15, 0.2) is 18.7 Å². The van der Waals surface area contributed by atoms with Crippen molar-refractivity contribution in [1.29, 1.82) is 0 Å². The van der Waals surface area contributed by atoms with Crippen molar-refractivity contribution in [2.75, 3.05) is 11.9 Å². The molecule has 0 aliphatic carbocycles. The van der Waals surface area contributed by atoms with E-state index in [1.54, 1.807) is 0 Å². The highest BCUT2D eigenvalue weighted by atomic mass is 16.2. The van der Waals surface area contributed by atoms with Gasteiger partial charge >= 0.3 is 0 Å². The van der Waals surface area contributed by atoms with Gasteiger partial charge in [0, 0.05) is 13.0 Å². The average Bonchev–Trinajstić information content (AvgIpc) is 2.31. The highest BCUT2D eigenvalue weighted by molar-refractivity contribution is 5.93. The predicted molar refractivity (Wildman–Crippen MR) is 56.4 cm³/mol. The summed E-state index contributed by atoms with van der Waals surface area (Å²) in [6.07, 6.45) is 5.46. The fourth-order valence-corrected chi connectivity index (χ4v) is 1.56. The predicted octanol–water partition coefficient (Wildman–Crippen LogP) is -0.0587. The second-order valence-electron chi connectivity index (χ2n) is 3.66. The number of aromatic nitrogens is 2. The zero-order chi connectivity index (χ0) is 11.4. The third-order valence-corrected chi connectivity index (χ3v) is 2.46. The van der Waals surface area contributed by atoms with Crippen LogP contribution in [0, 0.1) is 5.92 Å². The maximum Gasteiger partial charge on any atom is 0.229 e. The molecule has 0 radical (unpaired) electrons. The lowest BCUT2D eigenvalue weighted by molar-refractivity contribution is -0.126. The van der Waals surface area contributed by atoms with Gasteiger partial charge in [0.1, 0.15) is 6.33 Å². The molecule has 1 aromatic rings. The van der Waals surface area contributed by atoms with E-state index >= 15 is 0 Å². The van der Waals surface area contributed by atoms with Crippen molar-refractivity contribution in [1.82, 2.24) is 15.3 Å². The summed E-state index contributed by atoms with van der Waals surface area (Å²) in [6.45, 7) is 0.401. The molecule has 1 fully saturated rings. The number of amides is 2. The van der Waals surface area contributed by atoms with Crippen molar-refractivity contribution in [2.45, 2.75) is 12.8 Å². The van der Waals surface area contributed by atoms with Gasteiger partial charge in [-0.25, -0.2) is 9.97 Å². The van der Waals surface area contributed by atoms with Gasteiger partial charge in [0.15, 0.2) is 0 Å². The molecule has 2 heterocycles. The number of carbonyl (C=O) groups excluding carboxylic acids is 2. The summed E-state index contributed by atoms with van der Waals surface area (Å²) < 4.78 is 0. The molecule has 84 valence electrons. The highest BCUT2D eigenvalue weighted by Gasteiger charge is 2.24. The molecule has 0 saturated carbocycles. The number of nitrogens with one attached hydrogen (secondary N) is 2. The Morgan fingerprint density at radius 1 is 1.44 bits per heavy atom. The van der Waals surface area contributed by atoms with Gasteiger partial charge in [-0.05, 0) is 6.42 Å². The molecular weight excluding hydrogens is 208 g/mol. The van der Waals surface area contributed by atoms with E-state index in [4.69, 9.17) is 0 Å². The van der Waals surface area contributed by atoms with Crippen molar-refractivity contribution in [3.8, 4) is 0 Å². The Labute approximate surface area is 92.5 Å². The quantitative estimate of drug-likeness (QED) is 0.731. The van der Waals surface area contributed by atoms with Crippen molar-refractivity contribution < 1.29 is 9.59 Å². The number of rotatable bonds is 2. The molecule has 1 atom stereocenters. The largest absolute Gasteiger partial charge is 0.355 e. The average molecular weight is 220 g/mol. The van der Waals surface area contributed by atoms with Crippen LogP contribution in [0.2, 0.25) is 0 Å². The first-order chi connectivity index (χ1) is 7.75. The SMILES string of the molecule is O=C1CCC(C(=O)Nc2cncnc2)CN1. The molecule has 0 bridgehead atoms. The van der Waals surface area contributed by atoms with Crippen molar-refractivity contribution in [3.05, 3.63) is 18.7 Å². The number of carbonyl (C=O) groups is 2. The smallest absolute Gasteiger partial charge is 0.229 e. The maximum absolute atomic E-state index is 11.8. The zero-order valence-electron chi connectivity index (χ0n) is 8.64. The molecule has 6 nitrogen and oxygen atoms in total. The van der Waals surface area contributed by atoms with Gasteiger partial charge in [0.25, 0.3) is 0 Å². The van der Waals surface area contributed by atoms with Gasteiger partial charge in [-0.3, -0.25) is 9.59 Å². The number of anilines is 1. The summed E-state index contributed by atoms with van der Waals surface area (Å²) in [5.74, 6) is -0.264. The van der Waals surface area contributed by atoms with Gasteiger partial charge in [0.05, 0.1) is 24.0 Å². The summed E-state index contributed by atoms with van der Waals surface area (Å²) in [4.78, 5) is 30.3. The van der Waals surface area contributed by atoms with Crippen molar-refractivity contribution in [3.63, 3.8) is 0 Å². The van der Waals surface area contributed by atoms with Gasteiger partial charge in [-0.15, -0.1) is 0 Å². The van der Waals surface area contributed by atoms with Crippen LogP contribution in [0.25, 0.3) is 0 Å². The third kappa shape index (κ3) is 2.53. The summed E-state index contributed by atoms with van der Waals surface area (Å²) in [6, 6.07) is 0. The minimum Gasteiger partial charge on any atom is -0.355 e. The Balaban J connectivity index is 1.91. The molecule has 6 heteroatoms. The molecule has 1 unspecified atom stereocenters. The van der Waals surface area contributed by atoms with Gasteiger partial charge < -0.3 is 10.6 Å². The molecular formula is C10H12N4O2. The molecule has 2 amide bonds. The second-order valence-corrected chi connectivity index (χ2v) is 3.66. The summed E-state index contributed by atoms with van der Waals surface area (Å²) in [5, 5.41) is 5.38. The standard InChI is InChI=1S/C10H12N4O2/c15-9-2-1-7(3-13-9)10(16)14-8-4-11-6-12-5-8/h4-7H,1-3H2,(H,13,15)(H,14,16). The number of nitrogens with zero attached hydrogens (tertiary/aromatic N) is 2. The molecule has 0 aromatic carbocycles. The van der Waals surface area contributed by atoms with E-state index in [0.717, 1.165) is 0 Å². The lowest BCUT2D eigenvalue weighted by Gasteiger charge is -2.21. The minimum absolute atomic E-state index is 0.00657. The fourth-order valence-electron chi connectivity index (χ4n) is 1.56. The Kier molecular flexibility index (Phi) is 3.09. The molecule has 0 spiro atoms. The van der Waals surface area contributed by atoms with E-state index in [1.165, 1.54) is 18.7 Å². The lowest BCUT2D eigenvalue weighted by atomic mass is 9.98. The molecule has 2 N–H and O–H groups in total. The molecule has 1 aliphatic rings. The van der Waals surface area contributed by atoms with Crippen LogP contribution in [0.4, 0.5) is 5.69 Å². The highest BCUT2D eigenvalue weighted by Crippen LogP contribution is 2.13. The summed E-state index contributed by atoms with van der Waals surface area (Å²) in [5.41, 5.74) is 0.574. The summed E-state index contributed by atoms with van der Waals surface area (Å²) >= 11 is 0. The normalized spacial score (nSPS) is 20.0. The third-order valence-electron chi connectivity index (χ3n) is 2.46. The maximum atomic E-state index is 11.8. The van der Waals surface area contributed by atoms with Gasteiger partial charge in [-0.1, -0.05) is 0 Å². The minimum atomic E-state index is -0.169. The van der Waals surface area contributed by atoms with E-state index in [9.17, 15) is 9.59 Å². The Morgan fingerprint density at radius 3 is 2.81 bits per heavy atom. The van der Waals surface area contributed by atoms with Gasteiger partial charge in [-0.2, -0.15) is 0 Å². The van der Waals surface area contributed by atoms with E-state index in [2.05, 4.69) is 20.6 Å². The number of piperidine rings is 1. The first kappa shape index (κ1) is 10.5. The fraction of sp³-hybridized carbons (Fsp3) is 0.400. The van der Waals surface area contributed by atoms with Crippen LogP contribution in [0.3, 0.4) is 0 Å². The molecule has 1 saturated heterocycles. The summed E-state index contributed by atoms with van der Waals surface area (Å²) in [7, 11) is 0. The molecule has 1 aliphatic heterocycles. The monoisotopic (exact) mass is 220 g/mol. The topological polar surface area (TPSA) is 84.0 Å². The van der Waals surface area contributed by atoms with E-state index < -0.39 is 0 Å². The Hall–Kier alpha value is -1.98. The van der Waals surface area contributed by atoms with Crippen LogP contribution in [-0.4, -0.2) is 28.3 Å². The van der Waals surface area contributed by atoms with E-state index in [-0.39, 0.29) is 17.7 Å². The van der Waals surface area contributed by atoms with Crippen molar-refractivity contribution in [2.24, 2.45) is 5.92 Å². The van der Waals surface area contributed by atoms with Crippen LogP contribution in [-0.2, 0) is 9.59 Å². The van der Waals surface area contributed by atoms with Gasteiger partial charge in [0.2, 0.25) is 11.8 Å². The van der Waals surface area contributed by atoms with Crippen LogP contribution in [0.5, 0.6) is 0 Å². The van der Waals surface area contributed by atoms with E-state index in [0.29, 0.717) is 25.1 Å². The van der Waals surface area contributed by atoms with Crippen LogP contribution >= 0.6 is 0 Å². The second kappa shape index (κ2) is 4.69. The van der Waals surface area contributed by atoms with Crippen LogP contribution in [0.1, 0.15) is 12.8 Å². The van der Waals surface area contributed by atoms with Crippen molar-refractivity contribution >= 4 is 17.5 Å².